The highest BCUT2D eigenvalue weighted by molar-refractivity contribution is 7.80. The Kier molecular flexibility index (Phi) is 6.76. The van der Waals surface area contributed by atoms with Crippen molar-refractivity contribution in [3.8, 4) is 0 Å². The normalized spacial score (nSPS) is 10.9. The van der Waals surface area contributed by atoms with Gasteiger partial charge in [0, 0.05) is 11.8 Å². The van der Waals surface area contributed by atoms with Crippen molar-refractivity contribution in [2.24, 2.45) is 0 Å². The van der Waals surface area contributed by atoms with Gasteiger partial charge in [-0.1, -0.05) is 54.1 Å². The molecule has 2 heterocycles. The lowest BCUT2D eigenvalue weighted by molar-refractivity contribution is 0.586. The number of hydrogen-bond donors (Lipinski definition) is 2. The summed E-state index contributed by atoms with van der Waals surface area (Å²) in [5.74, 6) is 0.109. The highest BCUT2D eigenvalue weighted by Crippen LogP contribution is 2.24. The fraction of sp³-hybridized carbons (Fsp3) is 0.208. The van der Waals surface area contributed by atoms with Gasteiger partial charge < -0.3 is 10.6 Å². The molecule has 0 bridgehead atoms. The fourth-order valence-corrected chi connectivity index (χ4v) is 3.99. The zero-order chi connectivity index (χ0) is 23.5. The van der Waals surface area contributed by atoms with Crippen LogP contribution in [0.5, 0.6) is 0 Å². The Morgan fingerprint density at radius 3 is 2.39 bits per heavy atom. The van der Waals surface area contributed by atoms with Crippen LogP contribution < -0.4 is 10.6 Å². The number of benzene rings is 2. The van der Waals surface area contributed by atoms with E-state index in [0.29, 0.717) is 28.1 Å². The molecule has 4 rings (SSSR count). The first kappa shape index (κ1) is 22.9. The summed E-state index contributed by atoms with van der Waals surface area (Å²) < 4.78 is 17.5. The fourth-order valence-electron chi connectivity index (χ4n) is 3.60. The maximum atomic E-state index is 13.9. The lowest BCUT2D eigenvalue weighted by Gasteiger charge is -2.11. The molecule has 2 aromatic heterocycles. The molecule has 0 radical (unpaired) electrons. The second-order valence-corrected chi connectivity index (χ2v) is 8.64. The Balaban J connectivity index is 1.45. The van der Waals surface area contributed by atoms with Crippen LogP contribution in [0.4, 0.5) is 15.9 Å². The van der Waals surface area contributed by atoms with E-state index in [-0.39, 0.29) is 12.4 Å². The Bertz CT molecular complexity index is 1310. The number of rotatable bonds is 6. The first-order chi connectivity index (χ1) is 15.8. The number of thiocarbonyl (C=S) groups is 1. The largest absolute Gasteiger partial charge is 0.329 e. The van der Waals surface area contributed by atoms with Crippen LogP contribution in [0.1, 0.15) is 28.1 Å². The molecule has 0 aliphatic heterocycles. The molecule has 0 fully saturated rings. The molecule has 0 saturated carbocycles. The summed E-state index contributed by atoms with van der Waals surface area (Å²) in [7, 11) is 0. The molecule has 0 unspecified atom stereocenters. The van der Waals surface area contributed by atoms with Crippen molar-refractivity contribution in [1.82, 2.24) is 19.6 Å². The van der Waals surface area contributed by atoms with Gasteiger partial charge in [0.2, 0.25) is 0 Å². The van der Waals surface area contributed by atoms with Gasteiger partial charge in [0.1, 0.15) is 10.8 Å². The molecule has 0 spiro atoms. The second kappa shape index (κ2) is 9.72. The molecule has 0 saturated heterocycles. The first-order valence-electron chi connectivity index (χ1n) is 10.4. The van der Waals surface area contributed by atoms with Crippen LogP contribution >= 0.6 is 23.8 Å². The minimum absolute atomic E-state index is 0.262. The third kappa shape index (κ3) is 5.23. The molecule has 9 heteroatoms. The maximum absolute atomic E-state index is 13.9. The summed E-state index contributed by atoms with van der Waals surface area (Å²) in [4.78, 5) is 0. The summed E-state index contributed by atoms with van der Waals surface area (Å²) >= 11 is 11.8. The Labute approximate surface area is 202 Å². The monoisotopic (exact) mass is 482 g/mol. The van der Waals surface area contributed by atoms with Gasteiger partial charge in [0.05, 0.1) is 30.2 Å². The van der Waals surface area contributed by atoms with Crippen molar-refractivity contribution in [2.75, 3.05) is 10.6 Å². The summed E-state index contributed by atoms with van der Waals surface area (Å²) in [5.41, 5.74) is 5.59. The lowest BCUT2D eigenvalue weighted by atomic mass is 10.1. The SMILES string of the molecule is Cc1ccccc1Cn1nc(C)c(NC(=S)Nc2nn(Cc3ccccc3F)cc2Cl)c1C. The molecule has 4 aromatic rings. The Hall–Kier alpha value is -3.23. The van der Waals surface area contributed by atoms with Gasteiger partial charge >= 0.3 is 0 Å². The predicted molar refractivity (Wildman–Crippen MR) is 135 cm³/mol. The van der Waals surface area contributed by atoms with E-state index in [1.165, 1.54) is 17.2 Å². The van der Waals surface area contributed by atoms with Crippen molar-refractivity contribution in [2.45, 2.75) is 33.9 Å². The molecule has 170 valence electrons. The van der Waals surface area contributed by atoms with Gasteiger partial charge in [-0.2, -0.15) is 10.2 Å². The van der Waals surface area contributed by atoms with Gasteiger partial charge in [0.15, 0.2) is 10.9 Å². The third-order valence-corrected chi connectivity index (χ3v) is 5.92. The third-order valence-electron chi connectivity index (χ3n) is 5.44. The van der Waals surface area contributed by atoms with Crippen LogP contribution in [-0.2, 0) is 13.1 Å². The van der Waals surface area contributed by atoms with Crippen LogP contribution in [0.15, 0.2) is 54.7 Å². The summed E-state index contributed by atoms with van der Waals surface area (Å²) in [6, 6.07) is 14.8. The van der Waals surface area contributed by atoms with E-state index < -0.39 is 0 Å². The van der Waals surface area contributed by atoms with Gasteiger partial charge in [-0.3, -0.25) is 9.36 Å². The standard InChI is InChI=1S/C24H24ClFN6S/c1-15-8-4-5-9-18(15)13-32-17(3)22(16(2)29-32)27-24(33)28-23-20(25)14-31(30-23)12-19-10-6-7-11-21(19)26/h4-11,14H,12-13H2,1-3H3,(H2,27,28,30,33). The van der Waals surface area contributed by atoms with E-state index in [4.69, 9.17) is 23.8 Å². The van der Waals surface area contributed by atoms with Gasteiger partial charge in [-0.25, -0.2) is 4.39 Å². The molecule has 2 aromatic carbocycles. The first-order valence-corrected chi connectivity index (χ1v) is 11.2. The van der Waals surface area contributed by atoms with E-state index in [1.807, 2.05) is 30.7 Å². The number of hydrogen-bond acceptors (Lipinski definition) is 3. The lowest BCUT2D eigenvalue weighted by Crippen LogP contribution is -2.20. The van der Waals surface area contributed by atoms with Crippen molar-refractivity contribution >= 4 is 40.4 Å². The number of nitrogens with zero attached hydrogens (tertiary/aromatic N) is 4. The van der Waals surface area contributed by atoms with E-state index in [0.717, 1.165) is 17.1 Å². The zero-order valence-electron chi connectivity index (χ0n) is 18.6. The molecular formula is C24H24ClFN6S. The molecular weight excluding hydrogens is 459 g/mol. The molecule has 33 heavy (non-hydrogen) atoms. The zero-order valence-corrected chi connectivity index (χ0v) is 20.1. The smallest absolute Gasteiger partial charge is 0.176 e. The predicted octanol–water partition coefficient (Wildman–Crippen LogP) is 5.70. The number of aryl methyl sites for hydroxylation is 2. The topological polar surface area (TPSA) is 59.7 Å². The van der Waals surface area contributed by atoms with Crippen LogP contribution in [0, 0.1) is 26.6 Å². The Morgan fingerprint density at radius 1 is 0.970 bits per heavy atom. The van der Waals surface area contributed by atoms with Crippen molar-refractivity contribution < 1.29 is 4.39 Å². The number of aromatic nitrogens is 4. The summed E-state index contributed by atoms with van der Waals surface area (Å²) in [6.07, 6.45) is 1.63. The average molecular weight is 483 g/mol. The number of anilines is 2. The quantitative estimate of drug-likeness (QED) is 0.345. The molecule has 0 atom stereocenters. The van der Waals surface area contributed by atoms with Crippen LogP contribution in [0.3, 0.4) is 0 Å². The van der Waals surface area contributed by atoms with Crippen LogP contribution in [-0.4, -0.2) is 24.7 Å². The van der Waals surface area contributed by atoms with Gasteiger partial charge in [0.25, 0.3) is 0 Å². The van der Waals surface area contributed by atoms with Crippen molar-refractivity contribution in [3.05, 3.63) is 93.6 Å². The molecule has 0 aliphatic rings. The van der Waals surface area contributed by atoms with Crippen LogP contribution in [0.2, 0.25) is 5.02 Å². The highest BCUT2D eigenvalue weighted by atomic mass is 35.5. The van der Waals surface area contributed by atoms with E-state index >= 15 is 0 Å². The second-order valence-electron chi connectivity index (χ2n) is 7.82. The average Bonchev–Trinajstić information content (AvgIpc) is 3.24. The summed E-state index contributed by atoms with van der Waals surface area (Å²) in [6.45, 7) is 6.96. The molecule has 0 aliphatic carbocycles. The molecule has 0 amide bonds. The van der Waals surface area contributed by atoms with E-state index in [9.17, 15) is 4.39 Å². The molecule has 2 N–H and O–H groups in total. The Morgan fingerprint density at radius 2 is 1.67 bits per heavy atom. The maximum Gasteiger partial charge on any atom is 0.176 e. The summed E-state index contributed by atoms with van der Waals surface area (Å²) in [5, 5.41) is 16.0. The minimum atomic E-state index is -0.288. The van der Waals surface area contributed by atoms with Crippen molar-refractivity contribution in [3.63, 3.8) is 0 Å². The van der Waals surface area contributed by atoms with Gasteiger partial charge in [-0.15, -0.1) is 0 Å². The van der Waals surface area contributed by atoms with E-state index in [2.05, 4.69) is 39.9 Å². The molecule has 6 nitrogen and oxygen atoms in total. The van der Waals surface area contributed by atoms with Crippen molar-refractivity contribution in [1.29, 1.82) is 0 Å². The number of halogens is 2. The minimum Gasteiger partial charge on any atom is -0.329 e. The van der Waals surface area contributed by atoms with E-state index in [1.54, 1.807) is 29.1 Å². The number of nitrogens with one attached hydrogen (secondary N) is 2. The van der Waals surface area contributed by atoms with Gasteiger partial charge in [-0.05, 0) is 50.2 Å². The van der Waals surface area contributed by atoms with Crippen LogP contribution in [0.25, 0.3) is 0 Å². The highest BCUT2D eigenvalue weighted by Gasteiger charge is 2.15.